The van der Waals surface area contributed by atoms with Crippen LogP contribution in [0.15, 0.2) is 53.5 Å². The van der Waals surface area contributed by atoms with E-state index >= 15 is 0 Å². The highest BCUT2D eigenvalue weighted by atomic mass is 19.1. The van der Waals surface area contributed by atoms with Gasteiger partial charge in [-0.05, 0) is 36.6 Å². The first-order valence-corrected chi connectivity index (χ1v) is 9.27. The Labute approximate surface area is 159 Å². The fourth-order valence-corrected chi connectivity index (χ4v) is 3.48. The third kappa shape index (κ3) is 5.20. The van der Waals surface area contributed by atoms with E-state index in [9.17, 15) is 9.50 Å². The Kier molecular flexibility index (Phi) is 6.29. The number of guanidine groups is 1. The van der Waals surface area contributed by atoms with Crippen LogP contribution in [-0.4, -0.2) is 41.6 Å². The molecule has 27 heavy (non-hydrogen) atoms. The molecular weight excluding hydrogens is 343 g/mol. The monoisotopic (exact) mass is 370 g/mol. The van der Waals surface area contributed by atoms with Crippen molar-refractivity contribution >= 4 is 5.96 Å². The minimum Gasteiger partial charge on any atom is -0.505 e. The Balaban J connectivity index is 1.51. The van der Waals surface area contributed by atoms with Crippen LogP contribution >= 0.6 is 0 Å². The first kappa shape index (κ1) is 19.2. The molecule has 1 aliphatic rings. The van der Waals surface area contributed by atoms with E-state index in [1.807, 2.05) is 6.07 Å². The van der Waals surface area contributed by atoms with Crippen molar-refractivity contribution in [3.8, 4) is 5.75 Å². The van der Waals surface area contributed by atoms with Crippen molar-refractivity contribution < 1.29 is 9.50 Å². The number of nitrogens with one attached hydrogen (secondary N) is 2. The number of hydrogen-bond acceptors (Lipinski definition) is 3. The van der Waals surface area contributed by atoms with Crippen molar-refractivity contribution in [1.82, 2.24) is 15.5 Å². The van der Waals surface area contributed by atoms with E-state index in [-0.39, 0.29) is 5.75 Å². The van der Waals surface area contributed by atoms with E-state index in [4.69, 9.17) is 0 Å². The van der Waals surface area contributed by atoms with E-state index in [1.54, 1.807) is 13.1 Å². The lowest BCUT2D eigenvalue weighted by atomic mass is 10.2. The molecule has 5 nitrogen and oxygen atoms in total. The molecule has 2 unspecified atom stereocenters. The van der Waals surface area contributed by atoms with Gasteiger partial charge in [0.2, 0.25) is 0 Å². The third-order valence-electron chi connectivity index (χ3n) is 4.97. The molecule has 0 spiro atoms. The van der Waals surface area contributed by atoms with Gasteiger partial charge < -0.3 is 15.7 Å². The van der Waals surface area contributed by atoms with Gasteiger partial charge in [0, 0.05) is 38.8 Å². The molecule has 2 atom stereocenters. The Morgan fingerprint density at radius 1 is 1.22 bits per heavy atom. The maximum atomic E-state index is 13.4. The molecule has 1 fully saturated rings. The summed E-state index contributed by atoms with van der Waals surface area (Å²) in [7, 11) is 1.73. The van der Waals surface area contributed by atoms with Crippen LogP contribution in [0.4, 0.5) is 4.39 Å². The second kappa shape index (κ2) is 8.86. The van der Waals surface area contributed by atoms with Gasteiger partial charge in [0.05, 0.1) is 0 Å². The fourth-order valence-electron chi connectivity index (χ4n) is 3.48. The van der Waals surface area contributed by atoms with Crippen LogP contribution in [-0.2, 0) is 13.1 Å². The lowest BCUT2D eigenvalue weighted by Gasteiger charge is -2.21. The average Bonchev–Trinajstić information content (AvgIpc) is 3.01. The van der Waals surface area contributed by atoms with Gasteiger partial charge in [-0.15, -0.1) is 0 Å². The van der Waals surface area contributed by atoms with Crippen LogP contribution in [0.5, 0.6) is 5.75 Å². The highest BCUT2D eigenvalue weighted by molar-refractivity contribution is 5.80. The zero-order chi connectivity index (χ0) is 19.2. The van der Waals surface area contributed by atoms with Gasteiger partial charge in [-0.25, -0.2) is 4.39 Å². The van der Waals surface area contributed by atoms with E-state index in [0.717, 1.165) is 25.1 Å². The molecule has 3 N–H and O–H groups in total. The summed E-state index contributed by atoms with van der Waals surface area (Å²) < 4.78 is 13.4. The molecule has 0 saturated carbocycles. The van der Waals surface area contributed by atoms with Crippen molar-refractivity contribution in [2.45, 2.75) is 38.5 Å². The van der Waals surface area contributed by atoms with Gasteiger partial charge >= 0.3 is 0 Å². The van der Waals surface area contributed by atoms with E-state index < -0.39 is 5.82 Å². The number of nitrogens with zero attached hydrogens (tertiary/aromatic N) is 2. The number of phenols is 1. The van der Waals surface area contributed by atoms with Crippen molar-refractivity contribution in [2.24, 2.45) is 4.99 Å². The summed E-state index contributed by atoms with van der Waals surface area (Å²) >= 11 is 0. The molecule has 3 rings (SSSR count). The average molecular weight is 370 g/mol. The Hall–Kier alpha value is -2.60. The van der Waals surface area contributed by atoms with Gasteiger partial charge in [-0.3, -0.25) is 9.89 Å². The summed E-state index contributed by atoms with van der Waals surface area (Å²) in [5, 5.41) is 15.9. The Morgan fingerprint density at radius 3 is 2.70 bits per heavy atom. The van der Waals surface area contributed by atoms with Crippen molar-refractivity contribution in [1.29, 1.82) is 0 Å². The normalized spacial score (nSPS) is 20.6. The number of rotatable bonds is 5. The summed E-state index contributed by atoms with van der Waals surface area (Å²) in [6.45, 7) is 4.58. The van der Waals surface area contributed by atoms with Crippen LogP contribution in [0.1, 0.15) is 24.5 Å². The number of phenolic OH excluding ortho intramolecular Hbond substituents is 1. The fraction of sp³-hybridized carbons (Fsp3) is 0.381. The van der Waals surface area contributed by atoms with Crippen LogP contribution < -0.4 is 10.6 Å². The Bertz CT molecular complexity index is 781. The minimum atomic E-state index is -0.613. The molecule has 0 amide bonds. The molecule has 2 aromatic rings. The second-order valence-corrected chi connectivity index (χ2v) is 7.05. The van der Waals surface area contributed by atoms with Gasteiger partial charge in [0.25, 0.3) is 0 Å². The molecule has 144 valence electrons. The number of benzene rings is 2. The molecule has 2 aromatic carbocycles. The SMILES string of the molecule is CN=C(NCc1ccc(O)c(F)c1)NC1CC(C)N(Cc2ccccc2)C1. The smallest absolute Gasteiger partial charge is 0.191 e. The lowest BCUT2D eigenvalue weighted by Crippen LogP contribution is -2.44. The number of aliphatic imine (C=N–C) groups is 1. The number of likely N-dealkylation sites (tertiary alicyclic amines) is 1. The molecule has 0 radical (unpaired) electrons. The minimum absolute atomic E-state index is 0.312. The standard InChI is InChI=1S/C21H27FN4O/c1-15-10-18(14-26(15)13-16-6-4-3-5-7-16)25-21(23-2)24-12-17-8-9-20(27)19(22)11-17/h3-9,11,15,18,27H,10,12-14H2,1-2H3,(H2,23,24,25). The first-order chi connectivity index (χ1) is 13.0. The van der Waals surface area contributed by atoms with E-state index in [2.05, 4.69) is 51.7 Å². The summed E-state index contributed by atoms with van der Waals surface area (Å²) in [5.74, 6) is -0.250. The summed E-state index contributed by atoms with van der Waals surface area (Å²) in [4.78, 5) is 6.74. The zero-order valence-electron chi connectivity index (χ0n) is 15.8. The van der Waals surface area contributed by atoms with Crippen LogP contribution in [0.25, 0.3) is 0 Å². The lowest BCUT2D eigenvalue weighted by molar-refractivity contribution is 0.258. The number of halogens is 1. The molecule has 1 saturated heterocycles. The molecular formula is C21H27FN4O. The number of hydrogen-bond donors (Lipinski definition) is 3. The first-order valence-electron chi connectivity index (χ1n) is 9.27. The maximum Gasteiger partial charge on any atom is 0.191 e. The predicted molar refractivity (Wildman–Crippen MR) is 106 cm³/mol. The van der Waals surface area contributed by atoms with Gasteiger partial charge in [0.15, 0.2) is 17.5 Å². The highest BCUT2D eigenvalue weighted by Gasteiger charge is 2.29. The van der Waals surface area contributed by atoms with Crippen LogP contribution in [0.3, 0.4) is 0 Å². The summed E-state index contributed by atoms with van der Waals surface area (Å²) in [5.41, 5.74) is 2.07. The predicted octanol–water partition coefficient (Wildman–Crippen LogP) is 2.86. The van der Waals surface area contributed by atoms with Crippen molar-refractivity contribution in [3.05, 3.63) is 65.5 Å². The summed E-state index contributed by atoms with van der Waals surface area (Å²) in [6.07, 6.45) is 1.04. The van der Waals surface area contributed by atoms with Crippen molar-refractivity contribution in [3.63, 3.8) is 0 Å². The number of aromatic hydroxyl groups is 1. The topological polar surface area (TPSA) is 59.9 Å². The summed E-state index contributed by atoms with van der Waals surface area (Å²) in [6, 6.07) is 15.7. The largest absolute Gasteiger partial charge is 0.505 e. The maximum absolute atomic E-state index is 13.4. The quantitative estimate of drug-likeness (QED) is 0.560. The van der Waals surface area contributed by atoms with E-state index in [0.29, 0.717) is 24.6 Å². The third-order valence-corrected chi connectivity index (χ3v) is 4.97. The molecule has 1 heterocycles. The van der Waals surface area contributed by atoms with Crippen LogP contribution in [0.2, 0.25) is 0 Å². The highest BCUT2D eigenvalue weighted by Crippen LogP contribution is 2.20. The molecule has 0 bridgehead atoms. The van der Waals surface area contributed by atoms with Crippen LogP contribution in [0, 0.1) is 5.82 Å². The van der Waals surface area contributed by atoms with Gasteiger partial charge in [-0.2, -0.15) is 0 Å². The molecule has 0 aliphatic carbocycles. The molecule has 6 heteroatoms. The van der Waals surface area contributed by atoms with E-state index in [1.165, 1.54) is 17.7 Å². The Morgan fingerprint density at radius 2 is 2.00 bits per heavy atom. The second-order valence-electron chi connectivity index (χ2n) is 7.05. The molecule has 1 aliphatic heterocycles. The zero-order valence-corrected chi connectivity index (χ0v) is 15.8. The molecule has 0 aromatic heterocycles. The van der Waals surface area contributed by atoms with Gasteiger partial charge in [-0.1, -0.05) is 36.4 Å². The van der Waals surface area contributed by atoms with Crippen molar-refractivity contribution in [2.75, 3.05) is 13.6 Å². The van der Waals surface area contributed by atoms with Gasteiger partial charge in [0.1, 0.15) is 0 Å².